The van der Waals surface area contributed by atoms with Gasteiger partial charge in [-0.1, -0.05) is 29.8 Å². The monoisotopic (exact) mass is 267 g/mol. The van der Waals surface area contributed by atoms with E-state index in [1.165, 1.54) is 17.3 Å². The Morgan fingerprint density at radius 1 is 1.11 bits per heavy atom. The maximum Gasteiger partial charge on any atom is 0.173 e. The van der Waals surface area contributed by atoms with E-state index >= 15 is 0 Å². The second-order valence-corrected chi connectivity index (χ2v) is 5.26. The number of hydrogen-bond donors (Lipinski definition) is 0. The fourth-order valence-electron chi connectivity index (χ4n) is 1.60. The highest BCUT2D eigenvalue weighted by Gasteiger charge is 2.06. The average molecular weight is 267 g/mol. The van der Waals surface area contributed by atoms with Crippen LogP contribution in [0.4, 0.5) is 0 Å². The summed E-state index contributed by atoms with van der Waals surface area (Å²) in [5.41, 5.74) is 2.43. The predicted molar refractivity (Wildman–Crippen MR) is 77.4 cm³/mol. The maximum atomic E-state index is 12.0. The van der Waals surface area contributed by atoms with Gasteiger partial charge in [0.15, 0.2) is 5.78 Å². The van der Waals surface area contributed by atoms with Gasteiger partial charge in [0.1, 0.15) is 0 Å². The van der Waals surface area contributed by atoms with Gasteiger partial charge in [-0.2, -0.15) is 5.26 Å². The van der Waals surface area contributed by atoms with Crippen LogP contribution in [0, 0.1) is 18.3 Å². The van der Waals surface area contributed by atoms with Gasteiger partial charge >= 0.3 is 0 Å². The molecule has 0 bridgehead atoms. The van der Waals surface area contributed by atoms with Crippen LogP contribution < -0.4 is 0 Å². The summed E-state index contributed by atoms with van der Waals surface area (Å²) in [6.07, 6.45) is 0. The molecule has 0 aromatic heterocycles. The molecule has 0 saturated heterocycles. The summed E-state index contributed by atoms with van der Waals surface area (Å²) in [7, 11) is 0. The lowest BCUT2D eigenvalue weighted by Gasteiger charge is -2.02. The van der Waals surface area contributed by atoms with E-state index in [0.29, 0.717) is 16.9 Å². The first-order valence-electron chi connectivity index (χ1n) is 5.92. The van der Waals surface area contributed by atoms with E-state index in [9.17, 15) is 4.79 Å². The van der Waals surface area contributed by atoms with E-state index in [4.69, 9.17) is 5.26 Å². The third-order valence-corrected chi connectivity index (χ3v) is 3.74. The number of hydrogen-bond acceptors (Lipinski definition) is 3. The second-order valence-electron chi connectivity index (χ2n) is 4.21. The summed E-state index contributed by atoms with van der Waals surface area (Å²) in [6, 6.07) is 16.9. The molecule has 2 rings (SSSR count). The molecule has 94 valence electrons. The van der Waals surface area contributed by atoms with Crippen molar-refractivity contribution in [2.24, 2.45) is 0 Å². The van der Waals surface area contributed by atoms with Gasteiger partial charge in [0.2, 0.25) is 0 Å². The van der Waals surface area contributed by atoms with Crippen LogP contribution in [0.2, 0.25) is 0 Å². The van der Waals surface area contributed by atoms with Crippen LogP contribution >= 0.6 is 11.8 Å². The molecule has 2 nitrogen and oxygen atoms in total. The molecule has 0 spiro atoms. The maximum absolute atomic E-state index is 12.0. The summed E-state index contributed by atoms with van der Waals surface area (Å²) >= 11 is 1.53. The minimum atomic E-state index is 0.0788. The first-order valence-corrected chi connectivity index (χ1v) is 6.90. The minimum Gasteiger partial charge on any atom is -0.293 e. The number of Topliss-reactive ketones (excluding diaryl/α,β-unsaturated/α-hetero) is 1. The molecule has 2 aromatic carbocycles. The number of aryl methyl sites for hydroxylation is 1. The molecule has 0 aliphatic carbocycles. The number of carbonyl (C=O) groups excluding carboxylic acids is 1. The lowest BCUT2D eigenvalue weighted by Crippen LogP contribution is -2.02. The van der Waals surface area contributed by atoms with Crippen molar-refractivity contribution in [1.29, 1.82) is 5.26 Å². The molecular formula is C16H13NOS. The Morgan fingerprint density at radius 3 is 2.32 bits per heavy atom. The molecule has 0 aliphatic heterocycles. The van der Waals surface area contributed by atoms with Gasteiger partial charge in [-0.25, -0.2) is 0 Å². The molecule has 0 atom stereocenters. The topological polar surface area (TPSA) is 40.9 Å². The third kappa shape index (κ3) is 3.70. The van der Waals surface area contributed by atoms with Crippen molar-refractivity contribution >= 4 is 17.5 Å². The summed E-state index contributed by atoms with van der Waals surface area (Å²) < 4.78 is 0. The summed E-state index contributed by atoms with van der Waals surface area (Å²) in [5.74, 6) is 0.490. The highest BCUT2D eigenvalue weighted by molar-refractivity contribution is 8.00. The smallest absolute Gasteiger partial charge is 0.173 e. The van der Waals surface area contributed by atoms with Crippen LogP contribution in [-0.4, -0.2) is 11.5 Å². The standard InChI is InChI=1S/C16H13NOS/c1-12-2-8-15(9-3-12)19-11-16(18)14-6-4-13(10-17)5-7-14/h2-9H,11H2,1H3. The molecule has 0 amide bonds. The Hall–Kier alpha value is -2.05. The van der Waals surface area contributed by atoms with Crippen molar-refractivity contribution in [1.82, 2.24) is 0 Å². The van der Waals surface area contributed by atoms with E-state index in [1.807, 2.05) is 37.3 Å². The SMILES string of the molecule is Cc1ccc(SCC(=O)c2ccc(C#N)cc2)cc1. The number of thioether (sulfide) groups is 1. The fraction of sp³-hybridized carbons (Fsp3) is 0.125. The van der Waals surface area contributed by atoms with Crippen molar-refractivity contribution in [3.8, 4) is 6.07 Å². The lowest BCUT2D eigenvalue weighted by atomic mass is 10.1. The first-order chi connectivity index (χ1) is 9.19. The average Bonchev–Trinajstić information content (AvgIpc) is 2.46. The van der Waals surface area contributed by atoms with Crippen molar-refractivity contribution in [3.05, 3.63) is 65.2 Å². The van der Waals surface area contributed by atoms with Crippen LogP contribution in [0.15, 0.2) is 53.4 Å². The molecule has 0 radical (unpaired) electrons. The largest absolute Gasteiger partial charge is 0.293 e. The van der Waals surface area contributed by atoms with Gasteiger partial charge in [0.05, 0.1) is 17.4 Å². The van der Waals surface area contributed by atoms with Crippen LogP contribution in [0.3, 0.4) is 0 Å². The minimum absolute atomic E-state index is 0.0788. The van der Waals surface area contributed by atoms with Crippen LogP contribution in [0.1, 0.15) is 21.5 Å². The molecule has 0 heterocycles. The van der Waals surface area contributed by atoms with Crippen molar-refractivity contribution < 1.29 is 4.79 Å². The Kier molecular flexibility index (Phi) is 4.38. The molecule has 0 saturated carbocycles. The first kappa shape index (κ1) is 13.4. The molecule has 0 unspecified atom stereocenters. The van der Waals surface area contributed by atoms with Crippen LogP contribution in [-0.2, 0) is 0 Å². The van der Waals surface area contributed by atoms with Gasteiger partial charge in [-0.05, 0) is 31.2 Å². The highest BCUT2D eigenvalue weighted by atomic mass is 32.2. The van der Waals surface area contributed by atoms with Gasteiger partial charge in [-0.3, -0.25) is 4.79 Å². The Balaban J connectivity index is 1.97. The summed E-state index contributed by atoms with van der Waals surface area (Å²) in [5, 5.41) is 8.70. The zero-order valence-corrected chi connectivity index (χ0v) is 11.4. The molecular weight excluding hydrogens is 254 g/mol. The van der Waals surface area contributed by atoms with Crippen molar-refractivity contribution in [2.75, 3.05) is 5.75 Å². The summed E-state index contributed by atoms with van der Waals surface area (Å²) in [6.45, 7) is 2.04. The molecule has 2 aromatic rings. The van der Waals surface area contributed by atoms with Gasteiger partial charge in [0.25, 0.3) is 0 Å². The normalized spacial score (nSPS) is 9.89. The predicted octanol–water partition coefficient (Wildman–Crippen LogP) is 3.84. The number of ketones is 1. The van der Waals surface area contributed by atoms with Crippen molar-refractivity contribution in [2.45, 2.75) is 11.8 Å². The van der Waals surface area contributed by atoms with Gasteiger partial charge in [-0.15, -0.1) is 11.8 Å². The zero-order chi connectivity index (χ0) is 13.7. The van der Waals surface area contributed by atoms with E-state index in [-0.39, 0.29) is 5.78 Å². The lowest BCUT2D eigenvalue weighted by molar-refractivity contribution is 0.102. The molecule has 0 N–H and O–H groups in total. The van der Waals surface area contributed by atoms with E-state index in [2.05, 4.69) is 0 Å². The fourth-order valence-corrected chi connectivity index (χ4v) is 2.39. The Labute approximate surface area is 117 Å². The number of benzene rings is 2. The van der Waals surface area contributed by atoms with E-state index in [0.717, 1.165) is 4.90 Å². The number of nitriles is 1. The van der Waals surface area contributed by atoms with Crippen molar-refractivity contribution in [3.63, 3.8) is 0 Å². The molecule has 19 heavy (non-hydrogen) atoms. The second kappa shape index (κ2) is 6.21. The van der Waals surface area contributed by atoms with Gasteiger partial charge < -0.3 is 0 Å². The number of carbonyl (C=O) groups is 1. The van der Waals surface area contributed by atoms with E-state index in [1.54, 1.807) is 24.3 Å². The van der Waals surface area contributed by atoms with Gasteiger partial charge in [0, 0.05) is 10.5 Å². The number of rotatable bonds is 4. The van der Waals surface area contributed by atoms with Crippen LogP contribution in [0.25, 0.3) is 0 Å². The number of nitrogens with zero attached hydrogens (tertiary/aromatic N) is 1. The Bertz CT molecular complexity index is 609. The quantitative estimate of drug-likeness (QED) is 0.624. The molecule has 3 heteroatoms. The van der Waals surface area contributed by atoms with Crippen LogP contribution in [0.5, 0.6) is 0 Å². The highest BCUT2D eigenvalue weighted by Crippen LogP contribution is 2.19. The third-order valence-electron chi connectivity index (χ3n) is 2.73. The summed E-state index contributed by atoms with van der Waals surface area (Å²) in [4.78, 5) is 13.1. The zero-order valence-electron chi connectivity index (χ0n) is 10.6. The Morgan fingerprint density at radius 2 is 1.74 bits per heavy atom. The molecule has 0 fully saturated rings. The van der Waals surface area contributed by atoms with E-state index < -0.39 is 0 Å². The molecule has 0 aliphatic rings.